The lowest BCUT2D eigenvalue weighted by molar-refractivity contribution is 0.289. The van der Waals surface area contributed by atoms with Crippen molar-refractivity contribution in [2.24, 2.45) is 0 Å². The third kappa shape index (κ3) is 12.6. The minimum Gasteiger partial charge on any atom is -0.304 e. The van der Waals surface area contributed by atoms with Crippen LogP contribution in [-0.4, -0.2) is 24.5 Å². The van der Waals surface area contributed by atoms with Crippen LogP contribution in [-0.2, 0) is 0 Å². The minimum absolute atomic E-state index is 1.21. The van der Waals surface area contributed by atoms with Gasteiger partial charge >= 0.3 is 0 Å². The van der Waals surface area contributed by atoms with Gasteiger partial charge in [-0.1, -0.05) is 41.0 Å². The van der Waals surface area contributed by atoms with E-state index < -0.39 is 0 Å². The fourth-order valence-corrected chi connectivity index (χ4v) is 1.06. The molecule has 0 aliphatic rings. The Labute approximate surface area is 79.2 Å². The molecule has 0 saturated carbocycles. The van der Waals surface area contributed by atoms with Gasteiger partial charge in [-0.3, -0.25) is 0 Å². The van der Waals surface area contributed by atoms with Crippen molar-refractivity contribution in [2.75, 3.05) is 19.6 Å². The van der Waals surface area contributed by atoms with Gasteiger partial charge in [-0.05, 0) is 32.5 Å². The highest BCUT2D eigenvalue weighted by molar-refractivity contribution is 4.50. The molecule has 0 aromatic carbocycles. The summed E-state index contributed by atoms with van der Waals surface area (Å²) < 4.78 is 0. The zero-order valence-electron chi connectivity index (χ0n) is 9.69. The van der Waals surface area contributed by atoms with Crippen molar-refractivity contribution in [3.63, 3.8) is 0 Å². The van der Waals surface area contributed by atoms with Crippen molar-refractivity contribution in [3.05, 3.63) is 0 Å². The van der Waals surface area contributed by atoms with Crippen LogP contribution < -0.4 is 0 Å². The zero-order chi connectivity index (χ0) is 9.82. The normalized spacial score (nSPS) is 9.50. The first-order valence-electron chi connectivity index (χ1n) is 5.48. The summed E-state index contributed by atoms with van der Waals surface area (Å²) in [6.45, 7) is 14.7. The molecule has 0 aliphatic heterocycles. The molecular formula is C11H27N. The van der Waals surface area contributed by atoms with E-state index in [1.54, 1.807) is 0 Å². The van der Waals surface area contributed by atoms with Gasteiger partial charge in [0.15, 0.2) is 0 Å². The molecule has 0 amide bonds. The maximum absolute atomic E-state index is 2.49. The van der Waals surface area contributed by atoms with Crippen LogP contribution in [0.2, 0.25) is 0 Å². The van der Waals surface area contributed by atoms with Gasteiger partial charge in [-0.15, -0.1) is 0 Å². The Morgan fingerprint density at radius 3 is 1.25 bits per heavy atom. The van der Waals surface area contributed by atoms with Gasteiger partial charge in [-0.2, -0.15) is 0 Å². The standard InChI is InChI=1S/C8H19N.C3H8/c1-4-7-9(6-3)8-5-2;1-3-2/h4-8H2,1-3H3;3H2,1-2H3. The highest BCUT2D eigenvalue weighted by atomic mass is 15.1. The SMILES string of the molecule is CCC.CCCN(CC)CCC. The van der Waals surface area contributed by atoms with Crippen molar-refractivity contribution in [1.29, 1.82) is 0 Å². The van der Waals surface area contributed by atoms with Crippen LogP contribution in [0.15, 0.2) is 0 Å². The summed E-state index contributed by atoms with van der Waals surface area (Å²) in [6.07, 6.45) is 3.82. The van der Waals surface area contributed by atoms with E-state index in [4.69, 9.17) is 0 Å². The lowest BCUT2D eigenvalue weighted by atomic mass is 10.3. The maximum atomic E-state index is 2.49. The van der Waals surface area contributed by atoms with E-state index in [1.165, 1.54) is 38.9 Å². The molecule has 0 aromatic heterocycles. The molecular weight excluding hydrogens is 146 g/mol. The van der Waals surface area contributed by atoms with Gasteiger partial charge in [-0.25, -0.2) is 0 Å². The zero-order valence-corrected chi connectivity index (χ0v) is 9.69. The van der Waals surface area contributed by atoms with E-state index in [1.807, 2.05) is 0 Å². The fourth-order valence-electron chi connectivity index (χ4n) is 1.06. The second kappa shape index (κ2) is 13.5. The third-order valence-corrected chi connectivity index (χ3v) is 1.53. The highest BCUT2D eigenvalue weighted by Crippen LogP contribution is 1.91. The Hall–Kier alpha value is -0.0400. The average Bonchev–Trinajstić information content (AvgIpc) is 2.05. The number of rotatable bonds is 5. The maximum Gasteiger partial charge on any atom is -0.00215 e. The van der Waals surface area contributed by atoms with Gasteiger partial charge in [0.1, 0.15) is 0 Å². The first kappa shape index (κ1) is 14.5. The van der Waals surface area contributed by atoms with E-state index >= 15 is 0 Å². The van der Waals surface area contributed by atoms with E-state index in [0.717, 1.165) is 0 Å². The second-order valence-electron chi connectivity index (χ2n) is 3.14. The van der Waals surface area contributed by atoms with Gasteiger partial charge in [0.05, 0.1) is 0 Å². The lowest BCUT2D eigenvalue weighted by Crippen LogP contribution is -2.24. The molecule has 0 atom stereocenters. The Kier molecular flexibility index (Phi) is 16.3. The predicted molar refractivity (Wildman–Crippen MR) is 58.7 cm³/mol. The summed E-state index contributed by atoms with van der Waals surface area (Å²) >= 11 is 0. The molecule has 1 heteroatoms. The molecule has 0 radical (unpaired) electrons. The lowest BCUT2D eigenvalue weighted by Gasteiger charge is -2.17. The fraction of sp³-hybridized carbons (Fsp3) is 1.00. The first-order chi connectivity index (χ1) is 5.76. The Morgan fingerprint density at radius 2 is 1.08 bits per heavy atom. The quantitative estimate of drug-likeness (QED) is 0.614. The van der Waals surface area contributed by atoms with Crippen molar-refractivity contribution in [1.82, 2.24) is 4.90 Å². The smallest absolute Gasteiger partial charge is 0.00215 e. The Balaban J connectivity index is 0. The molecule has 0 spiro atoms. The van der Waals surface area contributed by atoms with Crippen LogP contribution in [0.5, 0.6) is 0 Å². The van der Waals surface area contributed by atoms with Crippen LogP contribution in [0.4, 0.5) is 0 Å². The average molecular weight is 173 g/mol. The molecule has 0 aromatic rings. The van der Waals surface area contributed by atoms with Gasteiger partial charge < -0.3 is 4.90 Å². The van der Waals surface area contributed by atoms with Crippen LogP contribution in [0.3, 0.4) is 0 Å². The van der Waals surface area contributed by atoms with E-state index in [9.17, 15) is 0 Å². The molecule has 1 nitrogen and oxygen atoms in total. The summed E-state index contributed by atoms with van der Waals surface area (Å²) in [5.74, 6) is 0. The largest absolute Gasteiger partial charge is 0.304 e. The second-order valence-corrected chi connectivity index (χ2v) is 3.14. The summed E-state index contributed by atoms with van der Waals surface area (Å²) in [5, 5.41) is 0. The Bertz CT molecular complexity index is 56.0. The summed E-state index contributed by atoms with van der Waals surface area (Å²) in [7, 11) is 0. The van der Waals surface area contributed by atoms with E-state index in [0.29, 0.717) is 0 Å². The number of hydrogen-bond acceptors (Lipinski definition) is 1. The summed E-state index contributed by atoms with van der Waals surface area (Å²) in [6, 6.07) is 0. The monoisotopic (exact) mass is 173 g/mol. The molecule has 12 heavy (non-hydrogen) atoms. The minimum atomic E-state index is 1.21. The van der Waals surface area contributed by atoms with Gasteiger partial charge in [0, 0.05) is 0 Å². The topological polar surface area (TPSA) is 3.24 Å². The highest BCUT2D eigenvalue weighted by Gasteiger charge is 1.95. The predicted octanol–water partition coefficient (Wildman–Crippen LogP) is 3.54. The van der Waals surface area contributed by atoms with Crippen molar-refractivity contribution in [3.8, 4) is 0 Å². The molecule has 0 N–H and O–H groups in total. The van der Waals surface area contributed by atoms with Gasteiger partial charge in [0.25, 0.3) is 0 Å². The first-order valence-corrected chi connectivity index (χ1v) is 5.48. The molecule has 0 rings (SSSR count). The molecule has 0 bridgehead atoms. The number of nitrogens with zero attached hydrogens (tertiary/aromatic N) is 1. The molecule has 0 fully saturated rings. The van der Waals surface area contributed by atoms with E-state index in [-0.39, 0.29) is 0 Å². The summed E-state index contributed by atoms with van der Waals surface area (Å²) in [5.41, 5.74) is 0. The number of hydrogen-bond donors (Lipinski definition) is 0. The van der Waals surface area contributed by atoms with Crippen LogP contribution in [0.25, 0.3) is 0 Å². The molecule has 0 unspecified atom stereocenters. The third-order valence-electron chi connectivity index (χ3n) is 1.53. The van der Waals surface area contributed by atoms with E-state index in [2.05, 4.69) is 39.5 Å². The van der Waals surface area contributed by atoms with Crippen LogP contribution in [0, 0.1) is 0 Å². The molecule has 0 aliphatic carbocycles. The van der Waals surface area contributed by atoms with Crippen LogP contribution in [0.1, 0.15) is 53.9 Å². The van der Waals surface area contributed by atoms with Crippen LogP contribution >= 0.6 is 0 Å². The molecule has 76 valence electrons. The summed E-state index contributed by atoms with van der Waals surface area (Å²) in [4.78, 5) is 2.49. The van der Waals surface area contributed by atoms with Crippen molar-refractivity contribution in [2.45, 2.75) is 53.9 Å². The Morgan fingerprint density at radius 1 is 0.750 bits per heavy atom. The van der Waals surface area contributed by atoms with Crippen molar-refractivity contribution < 1.29 is 0 Å². The molecule has 0 saturated heterocycles. The molecule has 0 heterocycles. The van der Waals surface area contributed by atoms with Gasteiger partial charge in [0.2, 0.25) is 0 Å². The van der Waals surface area contributed by atoms with Crippen molar-refractivity contribution >= 4 is 0 Å².